The Labute approximate surface area is 183 Å². The van der Waals surface area contributed by atoms with Gasteiger partial charge in [-0.1, -0.05) is 64.5 Å². The van der Waals surface area contributed by atoms with Gasteiger partial charge in [0.15, 0.2) is 5.72 Å². The zero-order valence-electron chi connectivity index (χ0n) is 16.0. The SMILES string of the molecule is CC(/C=C1/SC[C@](O)(c2ccccc2)N1c1ccccc1)=Nc1ccc(Br)cc1. The fourth-order valence-electron chi connectivity index (χ4n) is 3.36. The number of para-hydroxylation sites is 1. The Kier molecular flexibility index (Phi) is 5.90. The molecule has 0 aromatic heterocycles. The van der Waals surface area contributed by atoms with Crippen molar-refractivity contribution < 1.29 is 5.11 Å². The molecule has 3 aromatic rings. The smallest absolute Gasteiger partial charge is 0.178 e. The number of nitrogens with zero attached hydrogens (tertiary/aromatic N) is 2. The first-order chi connectivity index (χ1) is 14.1. The van der Waals surface area contributed by atoms with Crippen molar-refractivity contribution in [3.8, 4) is 0 Å². The highest BCUT2D eigenvalue weighted by Gasteiger charge is 2.44. The van der Waals surface area contributed by atoms with Crippen LogP contribution in [0, 0.1) is 0 Å². The van der Waals surface area contributed by atoms with Gasteiger partial charge in [0.25, 0.3) is 0 Å². The summed E-state index contributed by atoms with van der Waals surface area (Å²) in [4.78, 5) is 6.72. The van der Waals surface area contributed by atoms with E-state index >= 15 is 0 Å². The molecular weight excluding hydrogens is 444 g/mol. The number of hydrogen-bond donors (Lipinski definition) is 1. The molecule has 1 atom stereocenters. The molecule has 0 bridgehead atoms. The number of hydrogen-bond acceptors (Lipinski definition) is 4. The minimum atomic E-state index is -1.11. The minimum Gasteiger partial charge on any atom is -0.366 e. The number of halogens is 1. The molecule has 1 fully saturated rings. The van der Waals surface area contributed by atoms with Crippen LogP contribution >= 0.6 is 27.7 Å². The highest BCUT2D eigenvalue weighted by Crippen LogP contribution is 2.47. The summed E-state index contributed by atoms with van der Waals surface area (Å²) in [5, 5.41) is 12.7. The summed E-state index contributed by atoms with van der Waals surface area (Å²) in [6, 6.07) is 27.8. The van der Waals surface area contributed by atoms with Crippen molar-refractivity contribution in [2.24, 2.45) is 4.99 Å². The third-order valence-electron chi connectivity index (χ3n) is 4.73. The molecule has 1 aliphatic heterocycles. The van der Waals surface area contributed by atoms with E-state index in [1.54, 1.807) is 11.8 Å². The van der Waals surface area contributed by atoms with Crippen LogP contribution in [0.3, 0.4) is 0 Å². The van der Waals surface area contributed by atoms with Gasteiger partial charge in [-0.2, -0.15) is 0 Å². The fourth-order valence-corrected chi connectivity index (χ4v) is 4.91. The lowest BCUT2D eigenvalue weighted by molar-refractivity contribution is 0.0721. The first-order valence-electron chi connectivity index (χ1n) is 9.35. The van der Waals surface area contributed by atoms with Gasteiger partial charge in [-0.3, -0.25) is 4.99 Å². The van der Waals surface area contributed by atoms with Crippen LogP contribution in [0.4, 0.5) is 11.4 Å². The van der Waals surface area contributed by atoms with Crippen molar-refractivity contribution in [3.63, 3.8) is 0 Å². The lowest BCUT2D eigenvalue weighted by Gasteiger charge is -2.35. The number of benzene rings is 3. The van der Waals surface area contributed by atoms with E-state index in [4.69, 9.17) is 4.99 Å². The summed E-state index contributed by atoms with van der Waals surface area (Å²) in [7, 11) is 0. The van der Waals surface area contributed by atoms with Gasteiger partial charge in [0.2, 0.25) is 0 Å². The highest BCUT2D eigenvalue weighted by molar-refractivity contribution is 9.10. The van der Waals surface area contributed by atoms with Crippen LogP contribution in [0.25, 0.3) is 0 Å². The summed E-state index contributed by atoms with van der Waals surface area (Å²) < 4.78 is 1.03. The first-order valence-corrected chi connectivity index (χ1v) is 11.1. The molecule has 3 aromatic carbocycles. The maximum absolute atomic E-state index is 11.7. The van der Waals surface area contributed by atoms with Gasteiger partial charge in [-0.15, -0.1) is 11.8 Å². The van der Waals surface area contributed by atoms with Gasteiger partial charge in [-0.25, -0.2) is 0 Å². The Morgan fingerprint density at radius 2 is 1.62 bits per heavy atom. The molecule has 0 saturated carbocycles. The van der Waals surface area contributed by atoms with E-state index in [-0.39, 0.29) is 0 Å². The van der Waals surface area contributed by atoms with Crippen LogP contribution in [0.15, 0.2) is 105 Å². The largest absolute Gasteiger partial charge is 0.366 e. The molecule has 4 rings (SSSR count). The van der Waals surface area contributed by atoms with Crippen LogP contribution in [0.5, 0.6) is 0 Å². The third kappa shape index (κ3) is 4.32. The molecule has 29 heavy (non-hydrogen) atoms. The van der Waals surface area contributed by atoms with E-state index in [0.29, 0.717) is 5.75 Å². The first kappa shape index (κ1) is 20.0. The van der Waals surface area contributed by atoms with Crippen LogP contribution in [-0.4, -0.2) is 16.6 Å². The number of rotatable bonds is 4. The van der Waals surface area contributed by atoms with Crippen LogP contribution in [0.2, 0.25) is 0 Å². The van der Waals surface area contributed by atoms with E-state index in [2.05, 4.69) is 15.9 Å². The van der Waals surface area contributed by atoms with Crippen molar-refractivity contribution in [2.45, 2.75) is 12.6 Å². The Bertz CT molecular complexity index is 1040. The molecule has 1 N–H and O–H groups in total. The Morgan fingerprint density at radius 1 is 1.00 bits per heavy atom. The second-order valence-corrected chi connectivity index (χ2v) is 8.77. The van der Waals surface area contributed by atoms with Crippen LogP contribution in [0.1, 0.15) is 12.5 Å². The van der Waals surface area contributed by atoms with E-state index in [0.717, 1.165) is 32.2 Å². The lowest BCUT2D eigenvalue weighted by Crippen LogP contribution is -2.42. The summed E-state index contributed by atoms with van der Waals surface area (Å²) >= 11 is 5.09. The van der Waals surface area contributed by atoms with Crippen molar-refractivity contribution in [1.29, 1.82) is 0 Å². The standard InChI is InChI=1S/C24H21BrN2OS/c1-18(26-21-14-12-20(25)13-15-21)16-23-27(22-10-6-3-7-11-22)24(28,17-29-23)19-8-4-2-5-9-19/h2-16,28H,17H2,1H3/b23-16+,26-18?/t24-/m0/s1. The molecule has 1 heterocycles. The predicted octanol–water partition coefficient (Wildman–Crippen LogP) is 6.48. The van der Waals surface area contributed by atoms with Crippen molar-refractivity contribution in [3.05, 3.63) is 106 Å². The molecule has 3 nitrogen and oxygen atoms in total. The van der Waals surface area contributed by atoms with Gasteiger partial charge >= 0.3 is 0 Å². The quantitative estimate of drug-likeness (QED) is 0.448. The van der Waals surface area contributed by atoms with E-state index in [1.807, 2.05) is 103 Å². The van der Waals surface area contributed by atoms with Gasteiger partial charge in [-0.05, 0) is 49.4 Å². The molecule has 0 unspecified atom stereocenters. The highest BCUT2D eigenvalue weighted by atomic mass is 79.9. The van der Waals surface area contributed by atoms with Gasteiger partial charge in [0.05, 0.1) is 16.5 Å². The summed E-state index contributed by atoms with van der Waals surface area (Å²) in [6.45, 7) is 1.98. The lowest BCUT2D eigenvalue weighted by atomic mass is 10.0. The summed E-state index contributed by atoms with van der Waals surface area (Å²) in [6.07, 6.45) is 2.04. The molecule has 0 radical (unpaired) electrons. The zero-order valence-corrected chi connectivity index (χ0v) is 18.4. The number of aliphatic hydroxyl groups is 1. The topological polar surface area (TPSA) is 35.8 Å². The Hall–Kier alpha value is -2.34. The van der Waals surface area contributed by atoms with Crippen LogP contribution < -0.4 is 4.90 Å². The fraction of sp³-hybridized carbons (Fsp3) is 0.125. The molecule has 0 spiro atoms. The number of thioether (sulfide) groups is 1. The maximum atomic E-state index is 11.7. The molecule has 1 aliphatic rings. The minimum absolute atomic E-state index is 0.545. The number of aliphatic imine (C=N–C) groups is 1. The molecule has 0 aliphatic carbocycles. The van der Waals surface area contributed by atoms with E-state index in [9.17, 15) is 5.11 Å². The number of allylic oxidation sites excluding steroid dienone is 1. The van der Waals surface area contributed by atoms with Gasteiger partial charge < -0.3 is 10.0 Å². The second-order valence-electron chi connectivity index (χ2n) is 6.85. The molecule has 5 heteroatoms. The van der Waals surface area contributed by atoms with E-state index < -0.39 is 5.72 Å². The summed E-state index contributed by atoms with van der Waals surface area (Å²) in [5.41, 5.74) is 2.49. The zero-order chi connectivity index (χ0) is 20.3. The normalized spacial score (nSPS) is 21.0. The van der Waals surface area contributed by atoms with Crippen molar-refractivity contribution in [2.75, 3.05) is 10.7 Å². The van der Waals surface area contributed by atoms with E-state index in [1.165, 1.54) is 0 Å². The average Bonchev–Trinajstić information content (AvgIpc) is 3.08. The average molecular weight is 465 g/mol. The van der Waals surface area contributed by atoms with Gasteiger partial charge in [0, 0.05) is 21.4 Å². The third-order valence-corrected chi connectivity index (χ3v) is 6.40. The van der Waals surface area contributed by atoms with Crippen molar-refractivity contribution in [1.82, 2.24) is 0 Å². The van der Waals surface area contributed by atoms with Crippen LogP contribution in [-0.2, 0) is 5.72 Å². The Balaban J connectivity index is 1.74. The monoisotopic (exact) mass is 464 g/mol. The van der Waals surface area contributed by atoms with Gasteiger partial charge in [0.1, 0.15) is 0 Å². The Morgan fingerprint density at radius 3 is 2.28 bits per heavy atom. The molecule has 1 saturated heterocycles. The molecule has 0 amide bonds. The van der Waals surface area contributed by atoms with Crippen molar-refractivity contribution >= 4 is 44.8 Å². The number of anilines is 1. The maximum Gasteiger partial charge on any atom is 0.178 e. The predicted molar refractivity (Wildman–Crippen MR) is 127 cm³/mol. The summed E-state index contributed by atoms with van der Waals surface area (Å²) in [5.74, 6) is 0.545. The molecular formula is C24H21BrN2OS. The second kappa shape index (κ2) is 8.57. The molecule has 146 valence electrons.